The van der Waals surface area contributed by atoms with E-state index in [9.17, 15) is 5.11 Å². The van der Waals surface area contributed by atoms with Crippen LogP contribution in [-0.2, 0) is 0 Å². The summed E-state index contributed by atoms with van der Waals surface area (Å²) >= 11 is 11.9. The molecular formula is C13H16Cl2O. The van der Waals surface area contributed by atoms with Crippen LogP contribution in [0.3, 0.4) is 0 Å². The standard InChI is InChI=1S/C13H16Cl2O/c14-12-6-5-10(8-13(12)15)9-3-1-2-4-11(16)7-9/h5-6,8-9,11,16H,1-4,7H2. The second-order valence-corrected chi connectivity index (χ2v) is 5.36. The Morgan fingerprint density at radius 3 is 2.56 bits per heavy atom. The van der Waals surface area contributed by atoms with E-state index < -0.39 is 0 Å². The topological polar surface area (TPSA) is 20.2 Å². The van der Waals surface area contributed by atoms with E-state index in [4.69, 9.17) is 23.2 Å². The molecule has 0 bridgehead atoms. The van der Waals surface area contributed by atoms with Gasteiger partial charge in [-0.2, -0.15) is 0 Å². The van der Waals surface area contributed by atoms with Crippen LogP contribution in [0.25, 0.3) is 0 Å². The van der Waals surface area contributed by atoms with Crippen molar-refractivity contribution in [1.82, 2.24) is 0 Å². The van der Waals surface area contributed by atoms with Crippen molar-refractivity contribution >= 4 is 23.2 Å². The lowest BCUT2D eigenvalue weighted by Crippen LogP contribution is -2.09. The van der Waals surface area contributed by atoms with Crippen molar-refractivity contribution in [2.24, 2.45) is 0 Å². The van der Waals surface area contributed by atoms with Crippen LogP contribution in [0.15, 0.2) is 18.2 Å². The molecule has 1 aromatic carbocycles. The molecule has 3 heteroatoms. The molecule has 1 nitrogen and oxygen atoms in total. The van der Waals surface area contributed by atoms with Gasteiger partial charge in [-0.15, -0.1) is 0 Å². The van der Waals surface area contributed by atoms with Crippen molar-refractivity contribution in [2.45, 2.75) is 44.1 Å². The first kappa shape index (κ1) is 12.2. The van der Waals surface area contributed by atoms with Crippen LogP contribution in [-0.4, -0.2) is 11.2 Å². The zero-order valence-corrected chi connectivity index (χ0v) is 10.6. The fourth-order valence-electron chi connectivity index (χ4n) is 2.40. The molecule has 0 heterocycles. The van der Waals surface area contributed by atoms with Gasteiger partial charge in [0, 0.05) is 0 Å². The monoisotopic (exact) mass is 258 g/mol. The zero-order valence-electron chi connectivity index (χ0n) is 9.13. The minimum absolute atomic E-state index is 0.165. The highest BCUT2D eigenvalue weighted by atomic mass is 35.5. The second kappa shape index (κ2) is 5.39. The van der Waals surface area contributed by atoms with E-state index in [1.807, 2.05) is 18.2 Å². The molecule has 0 radical (unpaired) electrons. The molecule has 0 saturated heterocycles. The summed E-state index contributed by atoms with van der Waals surface area (Å²) in [4.78, 5) is 0. The molecular weight excluding hydrogens is 243 g/mol. The SMILES string of the molecule is OC1CCCCC(c2ccc(Cl)c(Cl)c2)C1. The Bertz CT molecular complexity index is 365. The van der Waals surface area contributed by atoms with Crippen molar-refractivity contribution in [3.63, 3.8) is 0 Å². The van der Waals surface area contributed by atoms with Crippen LogP contribution in [0.1, 0.15) is 43.6 Å². The molecule has 1 aliphatic rings. The summed E-state index contributed by atoms with van der Waals surface area (Å²) in [5.74, 6) is 0.423. The van der Waals surface area contributed by atoms with Gasteiger partial charge in [0.25, 0.3) is 0 Å². The van der Waals surface area contributed by atoms with Gasteiger partial charge < -0.3 is 5.11 Å². The molecule has 0 amide bonds. The average molecular weight is 259 g/mol. The Labute approximate surface area is 106 Å². The number of aliphatic hydroxyl groups is 1. The maximum Gasteiger partial charge on any atom is 0.0595 e. The summed E-state index contributed by atoms with van der Waals surface area (Å²) in [7, 11) is 0. The average Bonchev–Trinajstić information content (AvgIpc) is 2.47. The maximum absolute atomic E-state index is 9.79. The summed E-state index contributed by atoms with van der Waals surface area (Å²) in [6, 6.07) is 5.81. The molecule has 1 fully saturated rings. The normalized spacial score (nSPS) is 26.4. The minimum Gasteiger partial charge on any atom is -0.393 e. The van der Waals surface area contributed by atoms with Crippen molar-refractivity contribution in [3.8, 4) is 0 Å². The number of hydrogen-bond acceptors (Lipinski definition) is 1. The lowest BCUT2D eigenvalue weighted by molar-refractivity contribution is 0.152. The van der Waals surface area contributed by atoms with Gasteiger partial charge in [0.1, 0.15) is 0 Å². The Kier molecular flexibility index (Phi) is 4.12. The molecule has 88 valence electrons. The van der Waals surface area contributed by atoms with Crippen LogP contribution >= 0.6 is 23.2 Å². The minimum atomic E-state index is -0.165. The molecule has 0 spiro atoms. The van der Waals surface area contributed by atoms with Gasteiger partial charge in [0.05, 0.1) is 16.1 Å². The first-order valence-electron chi connectivity index (χ1n) is 5.80. The van der Waals surface area contributed by atoms with E-state index in [-0.39, 0.29) is 6.10 Å². The molecule has 16 heavy (non-hydrogen) atoms. The first-order chi connectivity index (χ1) is 7.66. The Morgan fingerprint density at radius 2 is 1.81 bits per heavy atom. The molecule has 1 aliphatic carbocycles. The highest BCUT2D eigenvalue weighted by molar-refractivity contribution is 6.42. The van der Waals surface area contributed by atoms with Crippen molar-refractivity contribution in [1.29, 1.82) is 0 Å². The van der Waals surface area contributed by atoms with Crippen LogP contribution < -0.4 is 0 Å². The molecule has 2 unspecified atom stereocenters. The molecule has 2 rings (SSSR count). The summed E-state index contributed by atoms with van der Waals surface area (Å²) in [5.41, 5.74) is 1.20. The van der Waals surface area contributed by atoms with Crippen LogP contribution in [0.2, 0.25) is 10.0 Å². The number of rotatable bonds is 1. The largest absolute Gasteiger partial charge is 0.393 e. The lowest BCUT2D eigenvalue weighted by Gasteiger charge is -2.17. The van der Waals surface area contributed by atoms with E-state index in [1.54, 1.807) is 0 Å². The van der Waals surface area contributed by atoms with Gasteiger partial charge in [-0.1, -0.05) is 42.1 Å². The quantitative estimate of drug-likeness (QED) is 0.741. The van der Waals surface area contributed by atoms with Crippen molar-refractivity contribution in [2.75, 3.05) is 0 Å². The summed E-state index contributed by atoms with van der Waals surface area (Å²) < 4.78 is 0. The lowest BCUT2D eigenvalue weighted by atomic mass is 9.91. The van der Waals surface area contributed by atoms with E-state index in [0.29, 0.717) is 16.0 Å². The maximum atomic E-state index is 9.79. The molecule has 0 aromatic heterocycles. The Morgan fingerprint density at radius 1 is 1.06 bits per heavy atom. The van der Waals surface area contributed by atoms with Crippen LogP contribution in [0.5, 0.6) is 0 Å². The third-order valence-electron chi connectivity index (χ3n) is 3.31. The third-order valence-corrected chi connectivity index (χ3v) is 4.05. The van der Waals surface area contributed by atoms with E-state index >= 15 is 0 Å². The highest BCUT2D eigenvalue weighted by Crippen LogP contribution is 2.34. The molecule has 1 saturated carbocycles. The molecule has 1 aromatic rings. The Hall–Kier alpha value is -0.240. The highest BCUT2D eigenvalue weighted by Gasteiger charge is 2.20. The summed E-state index contributed by atoms with van der Waals surface area (Å²) in [6.45, 7) is 0. The fourth-order valence-corrected chi connectivity index (χ4v) is 2.71. The van der Waals surface area contributed by atoms with Crippen molar-refractivity contribution < 1.29 is 5.11 Å². The van der Waals surface area contributed by atoms with E-state index in [0.717, 1.165) is 25.7 Å². The van der Waals surface area contributed by atoms with Gasteiger partial charge in [-0.3, -0.25) is 0 Å². The first-order valence-corrected chi connectivity index (χ1v) is 6.55. The van der Waals surface area contributed by atoms with Gasteiger partial charge in [-0.05, 0) is 42.9 Å². The van der Waals surface area contributed by atoms with Crippen molar-refractivity contribution in [3.05, 3.63) is 33.8 Å². The summed E-state index contributed by atoms with van der Waals surface area (Å²) in [5, 5.41) is 11.0. The number of benzene rings is 1. The van der Waals surface area contributed by atoms with E-state index in [1.165, 1.54) is 12.0 Å². The fraction of sp³-hybridized carbons (Fsp3) is 0.538. The van der Waals surface area contributed by atoms with Gasteiger partial charge >= 0.3 is 0 Å². The third kappa shape index (κ3) is 2.91. The molecule has 2 atom stereocenters. The number of halogens is 2. The van der Waals surface area contributed by atoms with Gasteiger partial charge in [0.2, 0.25) is 0 Å². The van der Waals surface area contributed by atoms with E-state index in [2.05, 4.69) is 0 Å². The Balaban J connectivity index is 2.18. The second-order valence-electron chi connectivity index (χ2n) is 4.54. The molecule has 0 aliphatic heterocycles. The van der Waals surface area contributed by atoms with Crippen LogP contribution in [0.4, 0.5) is 0 Å². The number of hydrogen-bond donors (Lipinski definition) is 1. The zero-order chi connectivity index (χ0) is 11.5. The predicted octanol–water partition coefficient (Wildman–Crippen LogP) is 4.40. The van der Waals surface area contributed by atoms with Crippen LogP contribution in [0, 0.1) is 0 Å². The van der Waals surface area contributed by atoms with Gasteiger partial charge in [0.15, 0.2) is 0 Å². The molecule has 1 N–H and O–H groups in total. The van der Waals surface area contributed by atoms with Gasteiger partial charge in [-0.25, -0.2) is 0 Å². The number of aliphatic hydroxyl groups excluding tert-OH is 1. The summed E-state index contributed by atoms with van der Waals surface area (Å²) in [6.07, 6.45) is 5.05. The predicted molar refractivity (Wildman–Crippen MR) is 68.3 cm³/mol. The smallest absolute Gasteiger partial charge is 0.0595 e.